The fourth-order valence-electron chi connectivity index (χ4n) is 2.58. The van der Waals surface area contributed by atoms with E-state index >= 15 is 0 Å². The van der Waals surface area contributed by atoms with Crippen LogP contribution in [0.4, 0.5) is 0 Å². The second-order valence-electron chi connectivity index (χ2n) is 6.16. The summed E-state index contributed by atoms with van der Waals surface area (Å²) in [5.74, 6) is -2.19. The minimum absolute atomic E-state index is 0.232. The Hall–Kier alpha value is -3.19. The number of rotatable bonds is 9. The predicted octanol–water partition coefficient (Wildman–Crippen LogP) is 0.485. The summed E-state index contributed by atoms with van der Waals surface area (Å²) >= 11 is 0. The number of carbonyl (C=O) groups excluding carboxylic acids is 2. The van der Waals surface area contributed by atoms with Gasteiger partial charge < -0.3 is 21.5 Å². The van der Waals surface area contributed by atoms with E-state index in [1.165, 1.54) is 0 Å². The van der Waals surface area contributed by atoms with Crippen LogP contribution in [0.15, 0.2) is 60.7 Å². The van der Waals surface area contributed by atoms with Crippen molar-refractivity contribution in [1.82, 2.24) is 10.6 Å². The Balaban J connectivity index is 2.03. The number of hydrogen-bond donors (Lipinski definition) is 4. The third-order valence-electron chi connectivity index (χ3n) is 3.96. The van der Waals surface area contributed by atoms with Crippen LogP contribution in [0, 0.1) is 0 Å². The van der Waals surface area contributed by atoms with Crippen molar-refractivity contribution in [3.05, 3.63) is 71.8 Å². The Morgan fingerprint density at radius 1 is 0.852 bits per heavy atom. The summed E-state index contributed by atoms with van der Waals surface area (Å²) < 4.78 is 0. The lowest BCUT2D eigenvalue weighted by molar-refractivity contribution is -0.138. The monoisotopic (exact) mass is 369 g/mol. The molecule has 0 saturated heterocycles. The van der Waals surface area contributed by atoms with E-state index in [1.54, 1.807) is 0 Å². The summed E-state index contributed by atoms with van der Waals surface area (Å²) in [6.07, 6.45) is 0.567. The molecule has 142 valence electrons. The molecule has 0 aromatic heterocycles. The third kappa shape index (κ3) is 6.91. The quantitative estimate of drug-likeness (QED) is 0.512. The van der Waals surface area contributed by atoms with Gasteiger partial charge in [0, 0.05) is 6.42 Å². The van der Waals surface area contributed by atoms with Crippen molar-refractivity contribution in [2.75, 3.05) is 6.54 Å². The number of aliphatic carboxylic acids is 1. The molecule has 5 N–H and O–H groups in total. The van der Waals surface area contributed by atoms with Gasteiger partial charge in [0.1, 0.15) is 12.6 Å². The zero-order valence-corrected chi connectivity index (χ0v) is 14.8. The molecule has 2 aromatic rings. The number of hydrogen-bond acceptors (Lipinski definition) is 4. The molecule has 0 radical (unpaired) electrons. The number of nitrogens with two attached hydrogens (primary N) is 1. The lowest BCUT2D eigenvalue weighted by Crippen LogP contribution is -2.53. The molecule has 0 aliphatic rings. The standard InChI is InChI=1S/C20H23N3O4/c21-16(11-14-7-3-1-4-8-14)19(26)23-17(20(27)22-13-18(24)25)12-15-9-5-2-6-10-15/h1-10,16-17H,11-13,21H2,(H,22,27)(H,23,26)(H,24,25)/t16-,17+/m1/s1. The Morgan fingerprint density at radius 3 is 1.89 bits per heavy atom. The Morgan fingerprint density at radius 2 is 1.37 bits per heavy atom. The maximum Gasteiger partial charge on any atom is 0.322 e. The highest BCUT2D eigenvalue weighted by Gasteiger charge is 2.24. The highest BCUT2D eigenvalue weighted by atomic mass is 16.4. The zero-order chi connectivity index (χ0) is 19.6. The molecule has 2 aromatic carbocycles. The van der Waals surface area contributed by atoms with Crippen molar-refractivity contribution in [3.8, 4) is 0 Å². The van der Waals surface area contributed by atoms with Crippen LogP contribution in [0.2, 0.25) is 0 Å². The second-order valence-corrected chi connectivity index (χ2v) is 6.16. The Bertz CT molecular complexity index is 765. The van der Waals surface area contributed by atoms with Gasteiger partial charge in [-0.3, -0.25) is 14.4 Å². The summed E-state index contributed by atoms with van der Waals surface area (Å²) in [6.45, 7) is -0.518. The SMILES string of the molecule is N[C@H](Cc1ccccc1)C(=O)N[C@@H](Cc1ccccc1)C(=O)NCC(=O)O. The first-order valence-electron chi connectivity index (χ1n) is 8.59. The molecule has 0 aliphatic carbocycles. The largest absolute Gasteiger partial charge is 0.480 e. The zero-order valence-electron chi connectivity index (χ0n) is 14.8. The van der Waals surface area contributed by atoms with Gasteiger partial charge in [0.15, 0.2) is 0 Å². The van der Waals surface area contributed by atoms with Crippen LogP contribution in [0.1, 0.15) is 11.1 Å². The van der Waals surface area contributed by atoms with Gasteiger partial charge in [-0.2, -0.15) is 0 Å². The van der Waals surface area contributed by atoms with Crippen LogP contribution in [0.3, 0.4) is 0 Å². The number of carboxylic acid groups (broad SMARTS) is 1. The van der Waals surface area contributed by atoms with Gasteiger partial charge in [0.05, 0.1) is 6.04 Å². The van der Waals surface area contributed by atoms with E-state index in [0.717, 1.165) is 11.1 Å². The molecule has 7 nitrogen and oxygen atoms in total. The van der Waals surface area contributed by atoms with Crippen molar-refractivity contribution in [2.24, 2.45) is 5.73 Å². The number of amides is 2. The Kier molecular flexibility index (Phi) is 7.51. The fourth-order valence-corrected chi connectivity index (χ4v) is 2.58. The molecule has 0 spiro atoms. The molecule has 2 atom stereocenters. The van der Waals surface area contributed by atoms with Crippen LogP contribution in [0.5, 0.6) is 0 Å². The first-order chi connectivity index (χ1) is 13.0. The smallest absolute Gasteiger partial charge is 0.322 e. The molecule has 2 rings (SSSR count). The van der Waals surface area contributed by atoms with Gasteiger partial charge in [-0.1, -0.05) is 60.7 Å². The van der Waals surface area contributed by atoms with Crippen LogP contribution in [-0.2, 0) is 27.2 Å². The van der Waals surface area contributed by atoms with E-state index in [-0.39, 0.29) is 6.42 Å². The van der Waals surface area contributed by atoms with E-state index in [4.69, 9.17) is 10.8 Å². The summed E-state index contributed by atoms with van der Waals surface area (Å²) in [5, 5.41) is 13.7. The predicted molar refractivity (Wildman–Crippen MR) is 101 cm³/mol. The number of carboxylic acids is 1. The van der Waals surface area contributed by atoms with E-state index in [0.29, 0.717) is 6.42 Å². The highest BCUT2D eigenvalue weighted by molar-refractivity contribution is 5.91. The number of nitrogens with one attached hydrogen (secondary N) is 2. The van der Waals surface area contributed by atoms with Crippen LogP contribution in [0.25, 0.3) is 0 Å². The molecule has 0 bridgehead atoms. The average Bonchev–Trinajstić information content (AvgIpc) is 2.67. The molecule has 0 heterocycles. The molecule has 0 saturated carbocycles. The average molecular weight is 369 g/mol. The molecule has 2 amide bonds. The minimum Gasteiger partial charge on any atom is -0.480 e. The van der Waals surface area contributed by atoms with Gasteiger partial charge in [-0.25, -0.2) is 0 Å². The first kappa shape index (κ1) is 20.1. The van der Waals surface area contributed by atoms with Crippen LogP contribution < -0.4 is 16.4 Å². The topological polar surface area (TPSA) is 122 Å². The number of benzene rings is 2. The molecule has 0 unspecified atom stereocenters. The maximum atomic E-state index is 12.5. The second kappa shape index (κ2) is 10.1. The van der Waals surface area contributed by atoms with Crippen molar-refractivity contribution in [3.63, 3.8) is 0 Å². The van der Waals surface area contributed by atoms with E-state index < -0.39 is 36.4 Å². The van der Waals surface area contributed by atoms with Gasteiger partial charge in [0.25, 0.3) is 0 Å². The summed E-state index contributed by atoms with van der Waals surface area (Å²) in [4.78, 5) is 35.5. The lowest BCUT2D eigenvalue weighted by atomic mass is 10.0. The number of carbonyl (C=O) groups is 3. The van der Waals surface area contributed by atoms with Crippen molar-refractivity contribution < 1.29 is 19.5 Å². The molecule has 0 aliphatic heterocycles. The lowest BCUT2D eigenvalue weighted by Gasteiger charge is -2.20. The molecule has 0 fully saturated rings. The molecule has 27 heavy (non-hydrogen) atoms. The van der Waals surface area contributed by atoms with E-state index in [1.807, 2.05) is 60.7 Å². The van der Waals surface area contributed by atoms with Crippen molar-refractivity contribution in [1.29, 1.82) is 0 Å². The van der Waals surface area contributed by atoms with Crippen LogP contribution in [-0.4, -0.2) is 41.5 Å². The minimum atomic E-state index is -1.16. The van der Waals surface area contributed by atoms with Gasteiger partial charge in [0.2, 0.25) is 11.8 Å². The highest BCUT2D eigenvalue weighted by Crippen LogP contribution is 2.06. The molecular weight excluding hydrogens is 346 g/mol. The normalized spacial score (nSPS) is 12.6. The van der Waals surface area contributed by atoms with E-state index in [9.17, 15) is 14.4 Å². The van der Waals surface area contributed by atoms with Crippen molar-refractivity contribution >= 4 is 17.8 Å². The van der Waals surface area contributed by atoms with Gasteiger partial charge in [-0.15, -0.1) is 0 Å². The maximum absolute atomic E-state index is 12.5. The van der Waals surface area contributed by atoms with Gasteiger partial charge in [-0.05, 0) is 17.5 Å². The summed E-state index contributed by atoms with van der Waals surface area (Å²) in [6, 6.07) is 16.7. The van der Waals surface area contributed by atoms with Crippen molar-refractivity contribution in [2.45, 2.75) is 24.9 Å². The Labute approximate surface area is 157 Å². The molecular formula is C20H23N3O4. The third-order valence-corrected chi connectivity index (χ3v) is 3.96. The van der Waals surface area contributed by atoms with Crippen LogP contribution >= 0.6 is 0 Å². The summed E-state index contributed by atoms with van der Waals surface area (Å²) in [5.41, 5.74) is 7.73. The fraction of sp³-hybridized carbons (Fsp3) is 0.250. The van der Waals surface area contributed by atoms with Gasteiger partial charge >= 0.3 is 5.97 Å². The molecule has 7 heteroatoms. The van der Waals surface area contributed by atoms with E-state index in [2.05, 4.69) is 10.6 Å². The summed E-state index contributed by atoms with van der Waals surface area (Å²) in [7, 11) is 0. The first-order valence-corrected chi connectivity index (χ1v) is 8.59.